The molecule has 7 heteroatoms. The van der Waals surface area contributed by atoms with Gasteiger partial charge in [0.15, 0.2) is 0 Å². The molecule has 0 fully saturated rings. The monoisotopic (exact) mass is 1070 g/mol. The number of hydrogen-bond acceptors (Lipinski definition) is 3. The number of hydrogen-bond donors (Lipinski definition) is 3. The minimum atomic E-state index is -1.20. The van der Waals surface area contributed by atoms with Gasteiger partial charge in [0.1, 0.15) is 16.2 Å². The van der Waals surface area contributed by atoms with E-state index in [0.29, 0.717) is 0 Å². The summed E-state index contributed by atoms with van der Waals surface area (Å²) in [5.41, 5.74) is 11.2. The van der Waals surface area contributed by atoms with E-state index in [-0.39, 0.29) is 21.7 Å². The van der Waals surface area contributed by atoms with Gasteiger partial charge in [-0.1, -0.05) is 319 Å². The van der Waals surface area contributed by atoms with Gasteiger partial charge >= 0.3 is 17.9 Å². The van der Waals surface area contributed by atoms with Crippen LogP contribution in [0.5, 0.6) is 0 Å². The van der Waals surface area contributed by atoms with Crippen molar-refractivity contribution >= 4 is 17.9 Å². The standard InChI is InChI=1S/3C20H16O2.C12H17.Ti/c3*21-19(22)20(16-10-4-1-5-11-16,17-12-6-2-7-13-17)18-14-8-3-9-15-18;1-8-9(2)11-6-4-5-7-12(11)10(8)3;/h3*1-15H,(H,21,22);4-7H2,1-3H3;/q;;;-1;. The van der Waals surface area contributed by atoms with Crippen LogP contribution in [0.1, 0.15) is 90.7 Å². The molecule has 0 radical (unpaired) electrons. The molecule has 6 nitrogen and oxygen atoms in total. The van der Waals surface area contributed by atoms with Gasteiger partial charge in [0, 0.05) is 21.7 Å². The predicted molar refractivity (Wildman–Crippen MR) is 313 cm³/mol. The molecule has 0 heterocycles. The zero-order valence-electron chi connectivity index (χ0n) is 44.9. The average Bonchev–Trinajstić information content (AvgIpc) is 3.80. The van der Waals surface area contributed by atoms with Crippen LogP contribution >= 0.6 is 0 Å². The summed E-state index contributed by atoms with van der Waals surface area (Å²) in [6.07, 6.45) is 5.46. The van der Waals surface area contributed by atoms with Gasteiger partial charge in [0.05, 0.1) is 0 Å². The van der Waals surface area contributed by atoms with E-state index >= 15 is 0 Å². The Hall–Kier alpha value is -8.55. The Morgan fingerprint density at radius 2 is 0.506 bits per heavy atom. The Labute approximate surface area is 480 Å². The molecule has 0 amide bonds. The quantitative estimate of drug-likeness (QED) is 0.0638. The Morgan fingerprint density at radius 1 is 0.329 bits per heavy atom. The Kier molecular flexibility index (Phi) is 20.0. The van der Waals surface area contributed by atoms with Crippen LogP contribution in [0.4, 0.5) is 0 Å². The van der Waals surface area contributed by atoms with Gasteiger partial charge in [0.25, 0.3) is 0 Å². The molecule has 10 aromatic carbocycles. The van der Waals surface area contributed by atoms with E-state index in [1.54, 1.807) is 27.8 Å². The smallest absolute Gasteiger partial charge is 0.323 e. The maximum Gasteiger partial charge on any atom is 0.323 e. The van der Waals surface area contributed by atoms with Gasteiger partial charge in [0.2, 0.25) is 0 Å². The molecule has 1 aliphatic rings. The summed E-state index contributed by atoms with van der Waals surface area (Å²) < 4.78 is 0. The number of carbonyl (C=O) groups is 3. The van der Waals surface area contributed by atoms with Crippen LogP contribution in [0.3, 0.4) is 0 Å². The second kappa shape index (κ2) is 27.2. The summed E-state index contributed by atoms with van der Waals surface area (Å²) in [5, 5.41) is 30.6. The minimum Gasteiger partial charge on any atom is -0.480 e. The fraction of sp³-hybridized carbons (Fsp3) is 0.139. The van der Waals surface area contributed by atoms with Crippen molar-refractivity contribution in [3.05, 3.63) is 351 Å². The Morgan fingerprint density at radius 3 is 0.671 bits per heavy atom. The van der Waals surface area contributed by atoms with Gasteiger partial charge in [-0.3, -0.25) is 14.4 Å². The molecule has 10 aromatic rings. The number of benzene rings is 9. The first-order valence-corrected chi connectivity index (χ1v) is 26.4. The normalized spacial score (nSPS) is 11.7. The van der Waals surface area contributed by atoms with E-state index in [1.165, 1.54) is 25.7 Å². The SMILES string of the molecule is Cc1c2c([c-](C)c1C)CCCC2.O=C(O)C(c1ccccc1)(c1ccccc1)c1ccccc1.O=C(O)C(c1ccccc1)(c1ccccc1)c1ccccc1.O=C(O)C(c1ccccc1)(c1ccccc1)c1ccccc1.[Ti]. The van der Waals surface area contributed by atoms with E-state index in [1.807, 2.05) is 273 Å². The summed E-state index contributed by atoms with van der Waals surface area (Å²) in [7, 11) is 0. The first-order chi connectivity index (χ1) is 38.0. The van der Waals surface area contributed by atoms with E-state index < -0.39 is 34.2 Å². The van der Waals surface area contributed by atoms with Crippen molar-refractivity contribution in [3.63, 3.8) is 0 Å². The molecular weight excluding hydrogens is 1010 g/mol. The third-order valence-corrected chi connectivity index (χ3v) is 15.3. The van der Waals surface area contributed by atoms with Crippen LogP contribution in [0.2, 0.25) is 0 Å². The van der Waals surface area contributed by atoms with E-state index in [0.717, 1.165) is 50.1 Å². The molecule has 394 valence electrons. The van der Waals surface area contributed by atoms with Crippen molar-refractivity contribution in [1.82, 2.24) is 0 Å². The molecule has 0 aromatic heterocycles. The minimum absolute atomic E-state index is 0. The number of aliphatic carboxylic acids is 3. The molecule has 79 heavy (non-hydrogen) atoms. The maximum absolute atomic E-state index is 12.4. The topological polar surface area (TPSA) is 112 Å². The third kappa shape index (κ3) is 12.0. The largest absolute Gasteiger partial charge is 0.480 e. The molecule has 0 saturated carbocycles. The molecule has 0 atom stereocenters. The molecule has 11 rings (SSSR count). The van der Waals surface area contributed by atoms with Crippen molar-refractivity contribution in [1.29, 1.82) is 0 Å². The maximum atomic E-state index is 12.4. The molecule has 3 N–H and O–H groups in total. The summed E-state index contributed by atoms with van der Waals surface area (Å²) in [6, 6.07) is 84.4. The van der Waals surface area contributed by atoms with Gasteiger partial charge in [-0.2, -0.15) is 27.8 Å². The summed E-state index contributed by atoms with van der Waals surface area (Å²) in [5.74, 6) is -2.64. The third-order valence-electron chi connectivity index (χ3n) is 15.3. The van der Waals surface area contributed by atoms with Gasteiger partial charge in [-0.15, -0.1) is 0 Å². The van der Waals surface area contributed by atoms with Crippen LogP contribution in [0, 0.1) is 20.8 Å². The molecule has 0 unspecified atom stereocenters. The fourth-order valence-corrected chi connectivity index (χ4v) is 11.3. The molecule has 0 spiro atoms. The Bertz CT molecular complexity index is 2840. The van der Waals surface area contributed by atoms with Crippen molar-refractivity contribution in [3.8, 4) is 0 Å². The number of rotatable bonds is 12. The van der Waals surface area contributed by atoms with Gasteiger partial charge in [-0.05, 0) is 50.1 Å². The van der Waals surface area contributed by atoms with Crippen molar-refractivity contribution in [2.45, 2.75) is 62.7 Å². The van der Waals surface area contributed by atoms with Crippen molar-refractivity contribution in [2.75, 3.05) is 0 Å². The Balaban J connectivity index is 0.000000155. The summed E-state index contributed by atoms with van der Waals surface area (Å²) >= 11 is 0. The zero-order valence-corrected chi connectivity index (χ0v) is 46.4. The second-order valence-corrected chi connectivity index (χ2v) is 19.5. The van der Waals surface area contributed by atoms with Crippen molar-refractivity contribution in [2.24, 2.45) is 0 Å². The zero-order chi connectivity index (χ0) is 55.0. The van der Waals surface area contributed by atoms with Crippen LogP contribution in [0.15, 0.2) is 273 Å². The average molecular weight is 1070 g/mol. The first-order valence-electron chi connectivity index (χ1n) is 26.4. The first kappa shape index (κ1) is 58.1. The van der Waals surface area contributed by atoms with Crippen LogP contribution in [0.25, 0.3) is 0 Å². The molecular formula is C72H65O6Ti-. The van der Waals surface area contributed by atoms with E-state index in [4.69, 9.17) is 0 Å². The number of carboxylic acids is 3. The molecule has 0 aliphatic heterocycles. The molecule has 0 bridgehead atoms. The number of fused-ring (bicyclic) bond motifs is 1. The summed E-state index contributed by atoms with van der Waals surface area (Å²) in [4.78, 5) is 37.3. The molecule has 0 saturated heterocycles. The van der Waals surface area contributed by atoms with Crippen LogP contribution in [-0.2, 0) is 65.2 Å². The van der Waals surface area contributed by atoms with Gasteiger partial charge in [-0.25, -0.2) is 0 Å². The fourth-order valence-electron chi connectivity index (χ4n) is 11.3. The summed E-state index contributed by atoms with van der Waals surface area (Å²) in [6.45, 7) is 6.84. The number of carboxylic acid groups (broad SMARTS) is 3. The van der Waals surface area contributed by atoms with Crippen LogP contribution in [-0.4, -0.2) is 33.2 Å². The van der Waals surface area contributed by atoms with E-state index in [2.05, 4.69) is 20.8 Å². The van der Waals surface area contributed by atoms with Crippen LogP contribution < -0.4 is 0 Å². The molecule has 1 aliphatic carbocycles. The van der Waals surface area contributed by atoms with Gasteiger partial charge < -0.3 is 15.3 Å². The second-order valence-electron chi connectivity index (χ2n) is 19.5. The van der Waals surface area contributed by atoms with Crippen molar-refractivity contribution < 1.29 is 51.4 Å². The predicted octanol–water partition coefficient (Wildman–Crippen LogP) is 15.5. The van der Waals surface area contributed by atoms with E-state index in [9.17, 15) is 29.7 Å².